The third kappa shape index (κ3) is 7.59. The van der Waals surface area contributed by atoms with Crippen LogP contribution in [0.2, 0.25) is 0 Å². The zero-order chi connectivity index (χ0) is 17.4. The van der Waals surface area contributed by atoms with Gasteiger partial charge in [-0.25, -0.2) is 0 Å². The van der Waals surface area contributed by atoms with Crippen molar-refractivity contribution in [1.82, 2.24) is 4.90 Å². The first-order valence-corrected chi connectivity index (χ1v) is 8.22. The van der Waals surface area contributed by atoms with E-state index in [-0.39, 0.29) is 25.0 Å². The Bertz CT molecular complexity index is 631. The largest absolute Gasteiger partial charge is 0.493 e. The van der Waals surface area contributed by atoms with Crippen LogP contribution >= 0.6 is 12.4 Å². The molecule has 2 aromatic rings. The number of nitrogens with zero attached hydrogens (tertiary/aromatic N) is 1. The fourth-order valence-electron chi connectivity index (χ4n) is 2.52. The fourth-order valence-corrected chi connectivity index (χ4v) is 2.52. The maximum atomic E-state index is 10.8. The highest BCUT2D eigenvalue weighted by molar-refractivity contribution is 5.85. The Morgan fingerprint density at radius 1 is 1.08 bits per heavy atom. The highest BCUT2D eigenvalue weighted by Gasteiger charge is 2.12. The molecule has 1 N–H and O–H groups in total. The van der Waals surface area contributed by atoms with Gasteiger partial charge in [-0.15, -0.1) is 12.4 Å². The summed E-state index contributed by atoms with van der Waals surface area (Å²) in [5.41, 5.74) is 2.44. The first kappa shape index (κ1) is 21.0. The van der Waals surface area contributed by atoms with Gasteiger partial charge in [0.25, 0.3) is 0 Å². The molecule has 0 amide bonds. The molecule has 0 saturated heterocycles. The van der Waals surface area contributed by atoms with Crippen LogP contribution in [0.3, 0.4) is 0 Å². The third-order valence-electron chi connectivity index (χ3n) is 4.09. The topological polar surface area (TPSA) is 49.8 Å². The van der Waals surface area contributed by atoms with Gasteiger partial charge in [0.05, 0.1) is 13.2 Å². The zero-order valence-corrected chi connectivity index (χ0v) is 15.5. The van der Waals surface area contributed by atoms with Crippen LogP contribution < -0.4 is 4.74 Å². The normalized spacial score (nSPS) is 11.6. The van der Waals surface area contributed by atoms with Crippen LogP contribution in [0.5, 0.6) is 5.75 Å². The molecule has 0 aliphatic rings. The van der Waals surface area contributed by atoms with Crippen molar-refractivity contribution >= 4 is 18.4 Å². The third-order valence-corrected chi connectivity index (χ3v) is 4.09. The summed E-state index contributed by atoms with van der Waals surface area (Å²) in [6.45, 7) is 2.75. The van der Waals surface area contributed by atoms with E-state index >= 15 is 0 Å². The number of carbonyl (C=O) groups is 1. The second-order valence-electron chi connectivity index (χ2n) is 6.09. The Balaban J connectivity index is 0.00000312. The van der Waals surface area contributed by atoms with Gasteiger partial charge < -0.3 is 9.84 Å². The lowest BCUT2D eigenvalue weighted by atomic mass is 10.1. The number of likely N-dealkylation sites (N-methyl/N-ethyl adjacent to an activating group) is 1. The number of carboxylic acids is 1. The lowest BCUT2D eigenvalue weighted by Crippen LogP contribution is -2.35. The summed E-state index contributed by atoms with van der Waals surface area (Å²) in [6.07, 6.45) is 1.70. The first-order valence-electron chi connectivity index (χ1n) is 8.22. The van der Waals surface area contributed by atoms with E-state index in [2.05, 4.69) is 12.1 Å². The van der Waals surface area contributed by atoms with Gasteiger partial charge in [0.2, 0.25) is 0 Å². The molecule has 0 aliphatic heterocycles. The number of halogens is 1. The van der Waals surface area contributed by atoms with Crippen LogP contribution in [0.4, 0.5) is 0 Å². The molecule has 2 rings (SSSR count). The molecule has 0 unspecified atom stereocenters. The van der Waals surface area contributed by atoms with E-state index in [9.17, 15) is 4.79 Å². The van der Waals surface area contributed by atoms with Gasteiger partial charge in [-0.1, -0.05) is 42.5 Å². The zero-order valence-electron chi connectivity index (χ0n) is 14.7. The molecule has 0 bridgehead atoms. The van der Waals surface area contributed by atoms with Crippen molar-refractivity contribution in [3.63, 3.8) is 0 Å². The molecule has 1 atom stereocenters. The summed E-state index contributed by atoms with van der Waals surface area (Å²) >= 11 is 0. The predicted octanol–water partition coefficient (Wildman–Crippen LogP) is 3.68. The monoisotopic (exact) mass is 363 g/mol. The highest BCUT2D eigenvalue weighted by atomic mass is 35.5. The predicted molar refractivity (Wildman–Crippen MR) is 103 cm³/mol. The number of hydrogen-bond donors (Lipinski definition) is 1. The van der Waals surface area contributed by atoms with Crippen LogP contribution in [0.1, 0.15) is 18.1 Å². The molecule has 0 fully saturated rings. The van der Waals surface area contributed by atoms with Crippen LogP contribution in [0.25, 0.3) is 0 Å². The maximum Gasteiger partial charge on any atom is 0.317 e. The molecule has 0 aliphatic carbocycles. The molecule has 5 heteroatoms. The van der Waals surface area contributed by atoms with Crippen molar-refractivity contribution in [2.45, 2.75) is 25.8 Å². The second-order valence-corrected chi connectivity index (χ2v) is 6.09. The van der Waals surface area contributed by atoms with Crippen LogP contribution in [-0.2, 0) is 17.6 Å². The van der Waals surface area contributed by atoms with E-state index < -0.39 is 5.97 Å². The summed E-state index contributed by atoms with van der Waals surface area (Å²) in [4.78, 5) is 12.6. The standard InChI is InChI=1S/C20H25NO3.ClH/c1-16(21(2)15-20(22)23)14-18-8-10-19(11-9-18)24-13-12-17-6-4-3-5-7-17;/h3-11,16H,12-15H2,1-2H3,(H,22,23);1H/t16-;/m1./s1. The van der Waals surface area contributed by atoms with Crippen molar-refractivity contribution in [3.05, 3.63) is 65.7 Å². The molecule has 0 saturated carbocycles. The molecule has 136 valence electrons. The number of hydrogen-bond acceptors (Lipinski definition) is 3. The SMILES string of the molecule is C[C@H](Cc1ccc(OCCc2ccccc2)cc1)N(C)CC(=O)O.Cl. The van der Waals surface area contributed by atoms with E-state index in [1.807, 2.05) is 61.3 Å². The maximum absolute atomic E-state index is 10.8. The Kier molecular flexibility index (Phi) is 9.03. The molecule has 0 heterocycles. The van der Waals surface area contributed by atoms with E-state index in [1.165, 1.54) is 11.1 Å². The summed E-state index contributed by atoms with van der Waals surface area (Å²) < 4.78 is 5.78. The van der Waals surface area contributed by atoms with Gasteiger partial charge in [-0.3, -0.25) is 9.69 Å². The average Bonchev–Trinajstić information content (AvgIpc) is 2.57. The van der Waals surface area contributed by atoms with Crippen molar-refractivity contribution in [2.24, 2.45) is 0 Å². The molecule has 4 nitrogen and oxygen atoms in total. The number of ether oxygens (including phenoxy) is 1. The number of benzene rings is 2. The number of rotatable bonds is 9. The van der Waals surface area contributed by atoms with E-state index in [1.54, 1.807) is 0 Å². The van der Waals surface area contributed by atoms with Crippen molar-refractivity contribution < 1.29 is 14.6 Å². The van der Waals surface area contributed by atoms with Crippen molar-refractivity contribution in [2.75, 3.05) is 20.2 Å². The molecule has 25 heavy (non-hydrogen) atoms. The average molecular weight is 364 g/mol. The molecular formula is C20H26ClNO3. The minimum absolute atomic E-state index is 0. The Morgan fingerprint density at radius 2 is 1.72 bits per heavy atom. The van der Waals surface area contributed by atoms with E-state index in [0.29, 0.717) is 6.61 Å². The van der Waals surface area contributed by atoms with Crippen molar-refractivity contribution in [3.8, 4) is 5.75 Å². The number of carboxylic acid groups (broad SMARTS) is 1. The fraction of sp³-hybridized carbons (Fsp3) is 0.350. The minimum Gasteiger partial charge on any atom is -0.493 e. The summed E-state index contributed by atoms with van der Waals surface area (Å²) in [5, 5.41) is 8.84. The molecule has 0 radical (unpaired) electrons. The quantitative estimate of drug-likeness (QED) is 0.738. The van der Waals surface area contributed by atoms with Crippen LogP contribution in [-0.4, -0.2) is 42.2 Å². The first-order chi connectivity index (χ1) is 11.5. The molecule has 0 spiro atoms. The van der Waals surface area contributed by atoms with E-state index in [4.69, 9.17) is 9.84 Å². The highest BCUT2D eigenvalue weighted by Crippen LogP contribution is 2.15. The lowest BCUT2D eigenvalue weighted by Gasteiger charge is -2.22. The van der Waals surface area contributed by atoms with Crippen molar-refractivity contribution in [1.29, 1.82) is 0 Å². The molecular weight excluding hydrogens is 338 g/mol. The van der Waals surface area contributed by atoms with Crippen LogP contribution in [0, 0.1) is 0 Å². The second kappa shape index (κ2) is 10.7. The van der Waals surface area contributed by atoms with Gasteiger partial charge in [0, 0.05) is 12.5 Å². The van der Waals surface area contributed by atoms with Crippen LogP contribution in [0.15, 0.2) is 54.6 Å². The smallest absolute Gasteiger partial charge is 0.317 e. The van der Waals surface area contributed by atoms with Gasteiger partial charge in [-0.05, 0) is 43.7 Å². The Morgan fingerprint density at radius 3 is 2.32 bits per heavy atom. The minimum atomic E-state index is -0.800. The van der Waals surface area contributed by atoms with Gasteiger partial charge in [-0.2, -0.15) is 0 Å². The molecule has 2 aromatic carbocycles. The van der Waals surface area contributed by atoms with Gasteiger partial charge in [0.15, 0.2) is 0 Å². The number of aliphatic carboxylic acids is 1. The van der Waals surface area contributed by atoms with Gasteiger partial charge in [0.1, 0.15) is 5.75 Å². The van der Waals surface area contributed by atoms with E-state index in [0.717, 1.165) is 18.6 Å². The summed E-state index contributed by atoms with van der Waals surface area (Å²) in [6, 6.07) is 18.5. The molecule has 0 aromatic heterocycles. The Hall–Kier alpha value is -2.04. The lowest BCUT2D eigenvalue weighted by molar-refractivity contribution is -0.138. The summed E-state index contributed by atoms with van der Waals surface area (Å²) in [5.74, 6) is 0.0627. The summed E-state index contributed by atoms with van der Waals surface area (Å²) in [7, 11) is 1.83. The Labute approximate surface area is 155 Å². The van der Waals surface area contributed by atoms with Gasteiger partial charge >= 0.3 is 5.97 Å².